The van der Waals surface area contributed by atoms with E-state index in [9.17, 15) is 13.5 Å². The van der Waals surface area contributed by atoms with E-state index in [2.05, 4.69) is 14.4 Å². The average Bonchev–Trinajstić information content (AvgIpc) is 2.23. The van der Waals surface area contributed by atoms with E-state index in [0.29, 0.717) is 5.69 Å². The molecule has 17 heavy (non-hydrogen) atoms. The predicted octanol–water partition coefficient (Wildman–Crippen LogP) is -0.0117. The van der Waals surface area contributed by atoms with Gasteiger partial charge in [-0.1, -0.05) is 0 Å². The third kappa shape index (κ3) is 4.55. The number of hydrogen-bond donors (Lipinski definition) is 3. The van der Waals surface area contributed by atoms with E-state index in [1.807, 2.05) is 0 Å². The minimum atomic E-state index is -3.75. The Morgan fingerprint density at radius 1 is 1.47 bits per heavy atom. The quantitative estimate of drug-likeness (QED) is 0.625. The van der Waals surface area contributed by atoms with Crippen LogP contribution in [0.1, 0.15) is 5.69 Å². The van der Waals surface area contributed by atoms with Crippen LogP contribution in [0, 0.1) is 6.92 Å². The molecule has 0 bridgehead atoms. The summed E-state index contributed by atoms with van der Waals surface area (Å²) in [6.07, 6.45) is 0. The molecule has 0 atom stereocenters. The SMILES string of the molecule is COCCNS(=O)(=O)Nc1nc(C)ccc1O. The highest BCUT2D eigenvalue weighted by molar-refractivity contribution is 7.90. The highest BCUT2D eigenvalue weighted by atomic mass is 32.2. The maximum atomic E-state index is 11.5. The van der Waals surface area contributed by atoms with Gasteiger partial charge in [-0.15, -0.1) is 0 Å². The zero-order chi connectivity index (χ0) is 12.9. The van der Waals surface area contributed by atoms with Gasteiger partial charge in [0, 0.05) is 19.3 Å². The minimum absolute atomic E-state index is 0.102. The molecule has 7 nitrogen and oxygen atoms in total. The molecule has 0 aromatic carbocycles. The topological polar surface area (TPSA) is 101 Å². The first-order chi connectivity index (χ1) is 7.94. The lowest BCUT2D eigenvalue weighted by Gasteiger charge is -2.09. The number of rotatable bonds is 6. The molecule has 0 aliphatic rings. The monoisotopic (exact) mass is 261 g/mol. The van der Waals surface area contributed by atoms with Crippen molar-refractivity contribution in [3.05, 3.63) is 17.8 Å². The molecule has 8 heteroatoms. The second-order valence-electron chi connectivity index (χ2n) is 3.31. The van der Waals surface area contributed by atoms with E-state index < -0.39 is 10.2 Å². The molecule has 1 aromatic heterocycles. The van der Waals surface area contributed by atoms with Crippen molar-refractivity contribution in [2.45, 2.75) is 6.92 Å². The highest BCUT2D eigenvalue weighted by Crippen LogP contribution is 2.20. The van der Waals surface area contributed by atoms with Gasteiger partial charge >= 0.3 is 0 Å². The summed E-state index contributed by atoms with van der Waals surface area (Å²) in [5.41, 5.74) is 0.595. The van der Waals surface area contributed by atoms with Crippen LogP contribution in [0.15, 0.2) is 12.1 Å². The summed E-state index contributed by atoms with van der Waals surface area (Å²) in [5.74, 6) is -0.331. The number of hydrogen-bond acceptors (Lipinski definition) is 5. The fraction of sp³-hybridized carbons (Fsp3) is 0.444. The summed E-state index contributed by atoms with van der Waals surface area (Å²) in [6.45, 7) is 2.09. The van der Waals surface area contributed by atoms with Crippen molar-refractivity contribution < 1.29 is 18.3 Å². The summed E-state index contributed by atoms with van der Waals surface area (Å²) in [4.78, 5) is 3.87. The molecule has 0 spiro atoms. The number of nitrogens with one attached hydrogen (secondary N) is 2. The Balaban J connectivity index is 2.72. The fourth-order valence-corrected chi connectivity index (χ4v) is 1.89. The molecular formula is C9H15N3O4S. The molecule has 0 fully saturated rings. The third-order valence-corrected chi connectivity index (χ3v) is 2.89. The lowest BCUT2D eigenvalue weighted by atomic mass is 10.3. The zero-order valence-electron chi connectivity index (χ0n) is 9.60. The first-order valence-corrected chi connectivity index (χ1v) is 6.36. The predicted molar refractivity (Wildman–Crippen MR) is 63.1 cm³/mol. The first-order valence-electron chi connectivity index (χ1n) is 4.87. The standard InChI is InChI=1S/C9H15N3O4S/c1-7-3-4-8(13)9(11-7)12-17(14,15)10-5-6-16-2/h3-4,10,13H,5-6H2,1-2H3,(H,11,12). The van der Waals surface area contributed by atoms with Crippen molar-refractivity contribution >= 4 is 16.0 Å². The Kier molecular flexibility index (Phi) is 4.67. The van der Waals surface area contributed by atoms with Gasteiger partial charge in [0.15, 0.2) is 11.6 Å². The number of aryl methyl sites for hydroxylation is 1. The van der Waals surface area contributed by atoms with Crippen molar-refractivity contribution in [3.63, 3.8) is 0 Å². The number of methoxy groups -OCH3 is 1. The van der Waals surface area contributed by atoms with Crippen molar-refractivity contribution in [1.29, 1.82) is 0 Å². The molecule has 0 saturated carbocycles. The Hall–Kier alpha value is -1.38. The van der Waals surface area contributed by atoms with E-state index in [4.69, 9.17) is 4.74 Å². The largest absolute Gasteiger partial charge is 0.504 e. The molecule has 0 aliphatic carbocycles. The summed E-state index contributed by atoms with van der Waals surface area (Å²) < 4.78 is 32.1. The molecule has 0 unspecified atom stereocenters. The molecule has 3 N–H and O–H groups in total. The lowest BCUT2D eigenvalue weighted by Crippen LogP contribution is -2.32. The Bertz CT molecular complexity index is 475. The van der Waals surface area contributed by atoms with Crippen molar-refractivity contribution in [3.8, 4) is 5.75 Å². The molecule has 1 rings (SSSR count). The van der Waals surface area contributed by atoms with Gasteiger partial charge in [-0.3, -0.25) is 4.72 Å². The second-order valence-corrected chi connectivity index (χ2v) is 4.81. The van der Waals surface area contributed by atoms with Crippen LogP contribution < -0.4 is 9.44 Å². The minimum Gasteiger partial charge on any atom is -0.504 e. The van der Waals surface area contributed by atoms with Gasteiger partial charge in [-0.05, 0) is 19.1 Å². The number of ether oxygens (including phenoxy) is 1. The molecule has 96 valence electrons. The molecular weight excluding hydrogens is 246 g/mol. The van der Waals surface area contributed by atoms with Crippen LogP contribution in [-0.4, -0.2) is 38.8 Å². The average molecular weight is 261 g/mol. The van der Waals surface area contributed by atoms with Gasteiger partial charge in [0.25, 0.3) is 10.2 Å². The maximum absolute atomic E-state index is 11.5. The van der Waals surface area contributed by atoms with Crippen LogP contribution >= 0.6 is 0 Å². The molecule has 1 heterocycles. The van der Waals surface area contributed by atoms with Crippen molar-refractivity contribution in [2.24, 2.45) is 0 Å². The number of aromatic hydroxyl groups is 1. The first kappa shape index (κ1) is 13.7. The van der Waals surface area contributed by atoms with Crippen molar-refractivity contribution in [1.82, 2.24) is 9.71 Å². The van der Waals surface area contributed by atoms with Crippen LogP contribution in [0.3, 0.4) is 0 Å². The summed E-state index contributed by atoms with van der Waals surface area (Å²) in [6, 6.07) is 2.95. The molecule has 0 radical (unpaired) electrons. The summed E-state index contributed by atoms with van der Waals surface area (Å²) in [5, 5.41) is 9.43. The van der Waals surface area contributed by atoms with Gasteiger partial charge in [-0.2, -0.15) is 13.1 Å². The van der Waals surface area contributed by atoms with Gasteiger partial charge in [0.05, 0.1) is 6.61 Å². The maximum Gasteiger partial charge on any atom is 0.300 e. The fourth-order valence-electron chi connectivity index (χ4n) is 1.07. The van der Waals surface area contributed by atoms with E-state index in [-0.39, 0.29) is 24.7 Å². The lowest BCUT2D eigenvalue weighted by molar-refractivity contribution is 0.204. The van der Waals surface area contributed by atoms with E-state index in [1.54, 1.807) is 13.0 Å². The van der Waals surface area contributed by atoms with E-state index in [0.717, 1.165) is 0 Å². The van der Waals surface area contributed by atoms with Gasteiger partial charge in [0.1, 0.15) is 0 Å². The Morgan fingerprint density at radius 2 is 2.18 bits per heavy atom. The molecule has 1 aromatic rings. The van der Waals surface area contributed by atoms with Crippen LogP contribution in [0.4, 0.5) is 5.82 Å². The summed E-state index contributed by atoms with van der Waals surface area (Å²) >= 11 is 0. The smallest absolute Gasteiger partial charge is 0.300 e. The number of nitrogens with zero attached hydrogens (tertiary/aromatic N) is 1. The molecule has 0 aliphatic heterocycles. The number of anilines is 1. The Labute approximate surface area is 100 Å². The Morgan fingerprint density at radius 3 is 2.82 bits per heavy atom. The van der Waals surface area contributed by atoms with Crippen LogP contribution in [0.2, 0.25) is 0 Å². The third-order valence-electron chi connectivity index (χ3n) is 1.84. The van der Waals surface area contributed by atoms with Crippen LogP contribution in [-0.2, 0) is 14.9 Å². The number of pyridine rings is 1. The summed E-state index contributed by atoms with van der Waals surface area (Å²) in [7, 11) is -2.28. The van der Waals surface area contributed by atoms with Gasteiger partial charge < -0.3 is 9.84 Å². The van der Waals surface area contributed by atoms with Gasteiger partial charge in [0.2, 0.25) is 0 Å². The highest BCUT2D eigenvalue weighted by Gasteiger charge is 2.12. The second kappa shape index (κ2) is 5.80. The van der Waals surface area contributed by atoms with Crippen LogP contribution in [0.25, 0.3) is 0 Å². The molecule has 0 saturated heterocycles. The number of aromatic nitrogens is 1. The van der Waals surface area contributed by atoms with E-state index in [1.165, 1.54) is 13.2 Å². The van der Waals surface area contributed by atoms with Crippen molar-refractivity contribution in [2.75, 3.05) is 25.0 Å². The van der Waals surface area contributed by atoms with E-state index >= 15 is 0 Å². The van der Waals surface area contributed by atoms with Crippen LogP contribution in [0.5, 0.6) is 5.75 Å². The normalized spacial score (nSPS) is 11.4. The van der Waals surface area contributed by atoms with Gasteiger partial charge in [-0.25, -0.2) is 4.98 Å². The molecule has 0 amide bonds. The zero-order valence-corrected chi connectivity index (χ0v) is 10.4.